The lowest BCUT2D eigenvalue weighted by Gasteiger charge is -2.49. The van der Waals surface area contributed by atoms with Gasteiger partial charge in [-0.1, -0.05) is 16.9 Å². The summed E-state index contributed by atoms with van der Waals surface area (Å²) in [6.45, 7) is -0.241. The number of anilines is 1. The van der Waals surface area contributed by atoms with Gasteiger partial charge in [-0.15, -0.1) is 28.2 Å². The van der Waals surface area contributed by atoms with Crippen molar-refractivity contribution in [3.63, 3.8) is 0 Å². The molecule has 3 atom stereocenters. The first-order valence-electron chi connectivity index (χ1n) is 12.6. The second-order valence-electron chi connectivity index (χ2n) is 9.34. The van der Waals surface area contributed by atoms with Crippen LogP contribution >= 0.6 is 34.9 Å². The molecule has 5 rings (SSSR count). The minimum absolute atomic E-state index is 0.00174. The van der Waals surface area contributed by atoms with Crippen molar-refractivity contribution in [2.45, 2.75) is 22.7 Å². The minimum atomic E-state index is -1.29. The number of pyridine rings is 1. The Hall–Kier alpha value is -4.67. The van der Waals surface area contributed by atoms with Gasteiger partial charge in [-0.3, -0.25) is 19.3 Å². The number of aliphatic carboxylic acids is 1. The molecule has 3 aromatic heterocycles. The molecular formula is C23H24N10O9S3. The van der Waals surface area contributed by atoms with Gasteiger partial charge in [0.25, 0.3) is 11.8 Å². The van der Waals surface area contributed by atoms with Crippen molar-refractivity contribution in [3.05, 3.63) is 50.5 Å². The van der Waals surface area contributed by atoms with Gasteiger partial charge in [0.2, 0.25) is 10.6 Å². The number of nitrogen functional groups attached to an aromatic ring is 1. The van der Waals surface area contributed by atoms with Crippen molar-refractivity contribution >= 4 is 63.5 Å². The van der Waals surface area contributed by atoms with Crippen LogP contribution in [-0.2, 0) is 31.0 Å². The molecule has 5 heterocycles. The molecule has 0 radical (unpaired) electrons. The summed E-state index contributed by atoms with van der Waals surface area (Å²) in [6, 6.07) is -0.203. The third kappa shape index (κ3) is 6.43. The number of methoxy groups -OCH3 is 1. The fourth-order valence-electron chi connectivity index (χ4n) is 4.31. The highest BCUT2D eigenvalue weighted by atomic mass is 32.2. The van der Waals surface area contributed by atoms with Crippen LogP contribution in [0.2, 0.25) is 0 Å². The van der Waals surface area contributed by atoms with Gasteiger partial charge in [0.15, 0.2) is 22.7 Å². The van der Waals surface area contributed by atoms with E-state index in [1.54, 1.807) is 7.05 Å². The van der Waals surface area contributed by atoms with Crippen molar-refractivity contribution in [2.75, 3.05) is 31.0 Å². The average molecular weight is 681 g/mol. The number of ether oxygens (including phenoxy) is 1. The van der Waals surface area contributed by atoms with E-state index in [9.17, 15) is 34.6 Å². The number of carboxylic acids is 1. The molecule has 2 aliphatic heterocycles. The Morgan fingerprint density at radius 1 is 1.36 bits per heavy atom. The molecule has 2 amide bonds. The van der Waals surface area contributed by atoms with E-state index in [1.165, 1.54) is 40.7 Å². The molecule has 0 aliphatic carbocycles. The fraction of sp³-hybridized carbons (Fsp3) is 0.348. The van der Waals surface area contributed by atoms with Gasteiger partial charge in [0.05, 0.1) is 12.8 Å². The average Bonchev–Trinajstić information content (AvgIpc) is 3.62. The Kier molecular flexibility index (Phi) is 9.27. The first-order chi connectivity index (χ1) is 21.5. The first kappa shape index (κ1) is 31.7. The Morgan fingerprint density at radius 3 is 2.78 bits per heavy atom. The summed E-state index contributed by atoms with van der Waals surface area (Å²) in [5.41, 5.74) is 4.72. The second-order valence-corrected chi connectivity index (χ2v) is 12.3. The fourth-order valence-corrected chi connectivity index (χ4v) is 7.19. The highest BCUT2D eigenvalue weighted by molar-refractivity contribution is 8.01. The normalized spacial score (nSPS) is 18.8. The predicted molar refractivity (Wildman–Crippen MR) is 158 cm³/mol. The number of tetrazole rings is 1. The number of nitrogens with zero attached hydrogens (tertiary/aromatic N) is 8. The molecule has 238 valence electrons. The van der Waals surface area contributed by atoms with Crippen LogP contribution in [0.15, 0.2) is 44.0 Å². The number of hydrogen-bond acceptors (Lipinski definition) is 17. The Bertz CT molecular complexity index is 1770. The summed E-state index contributed by atoms with van der Waals surface area (Å²) in [6.07, 6.45) is -0.479. The van der Waals surface area contributed by atoms with Gasteiger partial charge >= 0.3 is 5.97 Å². The standard InChI is InChI=1S/C23H24N10O9S3/c1-31-23(27-29-30-31)45-7-9-6-43-20-16(19(37)33(20)17(9)21(38)39)26-18(36)15(10-8-44-22(24)25-10)28-42-14(5-41-2)11-3-12(34)13(35)4-32(11)40/h3-4,8,14,16,20,35,40H,5-7H2,1-2H3,(H2,24,25)(H,26,36)(H,38,39)/b28-15-/t14?,16-,20-/m1/s1. The highest BCUT2D eigenvalue weighted by Crippen LogP contribution is 2.41. The van der Waals surface area contributed by atoms with Crippen molar-refractivity contribution in [2.24, 2.45) is 12.2 Å². The molecule has 3 aromatic rings. The lowest BCUT2D eigenvalue weighted by Crippen LogP contribution is -2.71. The number of nitrogens with two attached hydrogens (primary N) is 1. The number of β-lactam (4-membered cyclic amide) rings is 1. The molecule has 0 bridgehead atoms. The van der Waals surface area contributed by atoms with Gasteiger partial charge in [-0.25, -0.2) is 14.5 Å². The van der Waals surface area contributed by atoms with E-state index in [0.717, 1.165) is 28.5 Å². The Balaban J connectivity index is 1.36. The summed E-state index contributed by atoms with van der Waals surface area (Å²) in [7, 11) is 2.97. The number of carboxylic acid groups (broad SMARTS) is 1. The molecule has 45 heavy (non-hydrogen) atoms. The molecule has 2 aliphatic rings. The number of carbonyl (C=O) groups excluding carboxylic acids is 2. The summed E-state index contributed by atoms with van der Waals surface area (Å²) in [5, 5.41) is 48.7. The quantitative estimate of drug-likeness (QED) is 0.0504. The molecule has 1 saturated heterocycles. The minimum Gasteiger partial charge on any atom is -0.503 e. The number of carbonyl (C=O) groups is 3. The zero-order chi connectivity index (χ0) is 32.4. The molecule has 0 aromatic carbocycles. The molecule has 1 unspecified atom stereocenters. The maximum Gasteiger partial charge on any atom is 0.352 e. The molecule has 6 N–H and O–H groups in total. The Morgan fingerprint density at radius 2 is 2.13 bits per heavy atom. The zero-order valence-electron chi connectivity index (χ0n) is 23.3. The number of rotatable bonds is 12. The number of amides is 2. The van der Waals surface area contributed by atoms with Gasteiger partial charge in [-0.2, -0.15) is 4.73 Å². The number of oxime groups is 1. The number of aryl methyl sites for hydroxylation is 1. The van der Waals surface area contributed by atoms with Crippen molar-refractivity contribution < 1.29 is 39.4 Å². The smallest absolute Gasteiger partial charge is 0.352 e. The van der Waals surface area contributed by atoms with E-state index in [1.807, 2.05) is 0 Å². The van der Waals surface area contributed by atoms with Crippen LogP contribution < -0.4 is 16.5 Å². The zero-order valence-corrected chi connectivity index (χ0v) is 25.7. The van der Waals surface area contributed by atoms with Crippen molar-refractivity contribution in [1.29, 1.82) is 0 Å². The third-order valence-electron chi connectivity index (χ3n) is 6.43. The number of thiazole rings is 1. The SMILES string of the molecule is COCC(O/N=C(\C(=O)N[C@@H]1C(=O)N2C(C(=O)O)=C(CSc3nnnn3C)CS[C@H]12)c1csc(N)n1)c1cc(=O)c(O)cn1O. The number of aromatic hydroxyl groups is 1. The van der Waals surface area contributed by atoms with Gasteiger partial charge in [0, 0.05) is 37.1 Å². The second kappa shape index (κ2) is 13.1. The van der Waals surface area contributed by atoms with E-state index < -0.39 is 52.2 Å². The van der Waals surface area contributed by atoms with E-state index in [0.29, 0.717) is 15.5 Å². The molecule has 1 fully saturated rings. The van der Waals surface area contributed by atoms with Crippen molar-refractivity contribution in [3.8, 4) is 5.75 Å². The number of hydrogen-bond donors (Lipinski definition) is 5. The van der Waals surface area contributed by atoms with E-state index in [-0.39, 0.29) is 40.3 Å². The van der Waals surface area contributed by atoms with Crippen LogP contribution in [0.5, 0.6) is 5.75 Å². The monoisotopic (exact) mass is 680 g/mol. The Labute approximate surface area is 264 Å². The summed E-state index contributed by atoms with van der Waals surface area (Å²) in [4.78, 5) is 61.6. The maximum atomic E-state index is 13.5. The van der Waals surface area contributed by atoms with Crippen LogP contribution in [0, 0.1) is 0 Å². The van der Waals surface area contributed by atoms with Crippen LogP contribution in [-0.4, -0.2) is 110 Å². The van der Waals surface area contributed by atoms with Crippen molar-refractivity contribution in [1.82, 2.24) is 40.1 Å². The van der Waals surface area contributed by atoms with Gasteiger partial charge in [0.1, 0.15) is 28.5 Å². The highest BCUT2D eigenvalue weighted by Gasteiger charge is 2.54. The van der Waals surface area contributed by atoms with E-state index in [4.69, 9.17) is 15.3 Å². The molecule has 0 spiro atoms. The largest absolute Gasteiger partial charge is 0.503 e. The van der Waals surface area contributed by atoms with Crippen LogP contribution in [0.4, 0.5) is 5.13 Å². The summed E-state index contributed by atoms with van der Waals surface area (Å²) >= 11 is 3.50. The lowest BCUT2D eigenvalue weighted by atomic mass is 10.0. The summed E-state index contributed by atoms with van der Waals surface area (Å²) < 4.78 is 6.98. The number of fused-ring (bicyclic) bond motifs is 1. The van der Waals surface area contributed by atoms with E-state index >= 15 is 0 Å². The van der Waals surface area contributed by atoms with E-state index in [2.05, 4.69) is 31.0 Å². The third-order valence-corrected chi connectivity index (χ3v) is 9.54. The molecule has 22 heteroatoms. The van der Waals surface area contributed by atoms with Crippen LogP contribution in [0.1, 0.15) is 17.5 Å². The number of nitrogens with one attached hydrogen (secondary N) is 1. The maximum absolute atomic E-state index is 13.5. The van der Waals surface area contributed by atoms with Crippen LogP contribution in [0.3, 0.4) is 0 Å². The molecular weight excluding hydrogens is 657 g/mol. The predicted octanol–water partition coefficient (Wildman–Crippen LogP) is -1.01. The number of thioether (sulfide) groups is 2. The first-order valence-corrected chi connectivity index (χ1v) is 15.6. The van der Waals surface area contributed by atoms with Gasteiger partial charge in [-0.05, 0) is 16.0 Å². The topological polar surface area (TPSA) is 262 Å². The summed E-state index contributed by atoms with van der Waals surface area (Å²) in [5.74, 6) is -3.06. The number of aromatic nitrogens is 6. The van der Waals surface area contributed by atoms with Crippen LogP contribution in [0.25, 0.3) is 0 Å². The molecule has 19 nitrogen and oxygen atoms in total. The lowest BCUT2D eigenvalue weighted by molar-refractivity contribution is -0.150. The molecule has 0 saturated carbocycles. The van der Waals surface area contributed by atoms with Gasteiger partial charge < -0.3 is 36.0 Å².